The maximum absolute atomic E-state index is 12.6. The summed E-state index contributed by atoms with van der Waals surface area (Å²) in [5, 5.41) is 19.0. The molecule has 1 amide bonds. The molecule has 0 unspecified atom stereocenters. The first-order valence-electron chi connectivity index (χ1n) is 10.7. The van der Waals surface area contributed by atoms with Crippen molar-refractivity contribution in [2.24, 2.45) is 0 Å². The van der Waals surface area contributed by atoms with Crippen LogP contribution in [-0.2, 0) is 14.6 Å². The molecule has 0 aliphatic carbocycles. The lowest BCUT2D eigenvalue weighted by Gasteiger charge is -2.12. The van der Waals surface area contributed by atoms with Crippen LogP contribution >= 0.6 is 11.3 Å². The number of rotatable bonds is 9. The number of esters is 1. The van der Waals surface area contributed by atoms with Crippen molar-refractivity contribution in [2.45, 2.75) is 25.1 Å². The van der Waals surface area contributed by atoms with Crippen LogP contribution < -0.4 is 14.8 Å². The number of nitriles is 1. The van der Waals surface area contributed by atoms with Gasteiger partial charge in [0.2, 0.25) is 19.3 Å². The zero-order valence-corrected chi connectivity index (χ0v) is 21.3. The number of carbonyl (C=O) groups is 2. The van der Waals surface area contributed by atoms with Crippen LogP contribution in [0.25, 0.3) is 6.08 Å². The van der Waals surface area contributed by atoms with Crippen LogP contribution in [0, 0.1) is 18.3 Å². The Morgan fingerprint density at radius 2 is 1.83 bits per heavy atom. The smallest absolute Gasteiger partial charge is 0.343 e. The normalized spacial score (nSPS) is 11.4. The summed E-state index contributed by atoms with van der Waals surface area (Å²) in [5.74, 6) is -1.07. The van der Waals surface area contributed by atoms with E-state index in [1.807, 2.05) is 6.92 Å². The van der Waals surface area contributed by atoms with Gasteiger partial charge in [-0.15, -0.1) is 10.2 Å². The van der Waals surface area contributed by atoms with Gasteiger partial charge >= 0.3 is 5.97 Å². The van der Waals surface area contributed by atoms with Gasteiger partial charge in [0.15, 0.2) is 11.5 Å². The number of benzene rings is 2. The lowest BCUT2D eigenvalue weighted by molar-refractivity contribution is -0.112. The van der Waals surface area contributed by atoms with E-state index in [0.29, 0.717) is 22.5 Å². The molecule has 1 N–H and O–H groups in total. The van der Waals surface area contributed by atoms with Crippen LogP contribution in [0.2, 0.25) is 0 Å². The summed E-state index contributed by atoms with van der Waals surface area (Å²) in [6, 6.07) is 13.3. The second-order valence-corrected chi connectivity index (χ2v) is 10.7. The largest absolute Gasteiger partial charge is 0.490 e. The Labute approximate surface area is 212 Å². The molecule has 0 spiro atoms. The number of sulfone groups is 1. The minimum absolute atomic E-state index is 0.0541. The first kappa shape index (κ1) is 26.5. The molecule has 0 saturated heterocycles. The summed E-state index contributed by atoms with van der Waals surface area (Å²) >= 11 is 0.695. The van der Waals surface area contributed by atoms with Crippen LogP contribution in [0.15, 0.2) is 52.4 Å². The van der Waals surface area contributed by atoms with Crippen LogP contribution in [0.3, 0.4) is 0 Å². The molecule has 10 nitrogen and oxygen atoms in total. The van der Waals surface area contributed by atoms with E-state index in [2.05, 4.69) is 15.5 Å². The van der Waals surface area contributed by atoms with Gasteiger partial charge in [0.25, 0.3) is 5.91 Å². The first-order valence-corrected chi connectivity index (χ1v) is 13.2. The van der Waals surface area contributed by atoms with Crippen molar-refractivity contribution in [1.29, 1.82) is 5.26 Å². The van der Waals surface area contributed by atoms with Crippen molar-refractivity contribution in [2.75, 3.05) is 17.7 Å². The van der Waals surface area contributed by atoms with E-state index in [-0.39, 0.29) is 38.9 Å². The fraction of sp³-hybridized carbons (Fsp3) is 0.208. The molecule has 0 atom stereocenters. The van der Waals surface area contributed by atoms with Crippen LogP contribution in [0.5, 0.6) is 11.5 Å². The van der Waals surface area contributed by atoms with Gasteiger partial charge in [-0.25, -0.2) is 13.2 Å². The molecular weight excluding hydrogens is 504 g/mol. The Kier molecular flexibility index (Phi) is 8.52. The van der Waals surface area contributed by atoms with Gasteiger partial charge in [-0.2, -0.15) is 5.26 Å². The SMILES string of the molecule is CCOc1cc(/C=C(/C#N)C(=O)Nc2nnc(S(=O)(=O)CC)s2)ccc1OC(=O)c1ccc(C)cc1. The van der Waals surface area contributed by atoms with Gasteiger partial charge in [-0.3, -0.25) is 10.1 Å². The quantitative estimate of drug-likeness (QED) is 0.144. The second kappa shape index (κ2) is 11.6. The van der Waals surface area contributed by atoms with Crippen molar-refractivity contribution < 1.29 is 27.5 Å². The molecule has 36 heavy (non-hydrogen) atoms. The number of nitrogens with one attached hydrogen (secondary N) is 1. The highest BCUT2D eigenvalue weighted by Gasteiger charge is 2.20. The van der Waals surface area contributed by atoms with Crippen molar-refractivity contribution >= 4 is 44.3 Å². The molecule has 0 aliphatic heterocycles. The number of anilines is 1. The van der Waals surface area contributed by atoms with E-state index in [1.165, 1.54) is 25.1 Å². The molecule has 0 aliphatic rings. The molecule has 1 aromatic heterocycles. The highest BCUT2D eigenvalue weighted by Crippen LogP contribution is 2.30. The number of ether oxygens (including phenoxy) is 2. The Balaban J connectivity index is 1.81. The number of hydrogen-bond donors (Lipinski definition) is 1. The Bertz CT molecular complexity index is 1450. The third-order valence-electron chi connectivity index (χ3n) is 4.71. The number of hydrogen-bond acceptors (Lipinski definition) is 10. The first-order chi connectivity index (χ1) is 17.2. The number of aryl methyl sites for hydroxylation is 1. The van der Waals surface area contributed by atoms with E-state index < -0.39 is 21.7 Å². The maximum atomic E-state index is 12.6. The summed E-state index contributed by atoms with van der Waals surface area (Å²) < 4.78 is 34.6. The lowest BCUT2D eigenvalue weighted by atomic mass is 10.1. The Morgan fingerprint density at radius 3 is 2.47 bits per heavy atom. The molecule has 3 aromatic rings. The third-order valence-corrected chi connectivity index (χ3v) is 7.73. The number of carbonyl (C=O) groups excluding carboxylic acids is 2. The average Bonchev–Trinajstić information content (AvgIpc) is 3.33. The third kappa shape index (κ3) is 6.53. The molecular formula is C24H22N4O6S2. The van der Waals surface area contributed by atoms with Gasteiger partial charge in [0.1, 0.15) is 11.6 Å². The fourth-order valence-corrected chi connectivity index (χ4v) is 4.79. The summed E-state index contributed by atoms with van der Waals surface area (Å²) in [6.45, 7) is 5.42. The Morgan fingerprint density at radius 1 is 1.11 bits per heavy atom. The minimum atomic E-state index is -3.57. The van der Waals surface area contributed by atoms with Gasteiger partial charge in [0.05, 0.1) is 17.9 Å². The van der Waals surface area contributed by atoms with Crippen LogP contribution in [0.4, 0.5) is 5.13 Å². The summed E-state index contributed by atoms with van der Waals surface area (Å²) in [5.41, 5.74) is 1.55. The Hall–Kier alpha value is -4.08. The standard InChI is InChI=1S/C24H22N4O6S2/c1-4-33-20-13-16(8-11-19(20)34-22(30)17-9-6-15(3)7-10-17)12-18(14-25)21(29)26-23-27-28-24(35-23)36(31,32)5-2/h6-13H,4-5H2,1-3H3,(H,26,27,29)/b18-12-. The summed E-state index contributed by atoms with van der Waals surface area (Å²) in [4.78, 5) is 25.1. The molecule has 12 heteroatoms. The molecule has 0 saturated carbocycles. The fourth-order valence-electron chi connectivity index (χ4n) is 2.80. The van der Waals surface area contributed by atoms with E-state index in [0.717, 1.165) is 5.56 Å². The lowest BCUT2D eigenvalue weighted by Crippen LogP contribution is -2.13. The zero-order chi connectivity index (χ0) is 26.3. The number of aromatic nitrogens is 2. The van der Waals surface area contributed by atoms with Crippen LogP contribution in [-0.4, -0.2) is 42.9 Å². The van der Waals surface area contributed by atoms with Gasteiger partial charge in [-0.1, -0.05) is 42.0 Å². The molecule has 0 radical (unpaired) electrons. The molecule has 0 bridgehead atoms. The van der Waals surface area contributed by atoms with Gasteiger partial charge in [-0.05, 0) is 49.8 Å². The zero-order valence-electron chi connectivity index (χ0n) is 19.6. The topological polar surface area (TPSA) is 148 Å². The highest BCUT2D eigenvalue weighted by atomic mass is 32.2. The van der Waals surface area contributed by atoms with Gasteiger partial charge in [0, 0.05) is 0 Å². The molecule has 1 heterocycles. The summed E-state index contributed by atoms with van der Waals surface area (Å²) in [7, 11) is -3.57. The van der Waals surface area contributed by atoms with E-state index in [4.69, 9.17) is 9.47 Å². The highest BCUT2D eigenvalue weighted by molar-refractivity contribution is 7.93. The summed E-state index contributed by atoms with van der Waals surface area (Å²) in [6.07, 6.45) is 1.31. The van der Waals surface area contributed by atoms with E-state index in [9.17, 15) is 23.3 Å². The van der Waals surface area contributed by atoms with E-state index in [1.54, 1.807) is 43.3 Å². The average molecular weight is 527 g/mol. The molecule has 186 valence electrons. The maximum Gasteiger partial charge on any atom is 0.343 e. The number of nitrogens with zero attached hydrogens (tertiary/aromatic N) is 3. The monoisotopic (exact) mass is 526 g/mol. The predicted octanol–water partition coefficient (Wildman–Crippen LogP) is 3.80. The van der Waals surface area contributed by atoms with Crippen molar-refractivity contribution in [3.63, 3.8) is 0 Å². The van der Waals surface area contributed by atoms with Crippen molar-refractivity contribution in [3.8, 4) is 17.6 Å². The molecule has 2 aromatic carbocycles. The predicted molar refractivity (Wildman–Crippen MR) is 134 cm³/mol. The number of amides is 1. The van der Waals surface area contributed by atoms with E-state index >= 15 is 0 Å². The van der Waals surface area contributed by atoms with Gasteiger partial charge < -0.3 is 9.47 Å². The second-order valence-electron chi connectivity index (χ2n) is 7.30. The van der Waals surface area contributed by atoms with Crippen molar-refractivity contribution in [1.82, 2.24) is 10.2 Å². The molecule has 0 fully saturated rings. The molecule has 3 rings (SSSR count). The van der Waals surface area contributed by atoms with Crippen LogP contribution in [0.1, 0.15) is 35.3 Å². The van der Waals surface area contributed by atoms with Crippen molar-refractivity contribution in [3.05, 3.63) is 64.7 Å². The minimum Gasteiger partial charge on any atom is -0.490 e.